The number of methoxy groups -OCH3 is 1. The predicted octanol–water partition coefficient (Wildman–Crippen LogP) is 3.16. The van der Waals surface area contributed by atoms with Gasteiger partial charge in [0.15, 0.2) is 10.8 Å². The lowest BCUT2D eigenvalue weighted by Gasteiger charge is -2.55. The third-order valence-electron chi connectivity index (χ3n) is 4.71. The lowest BCUT2D eigenvalue weighted by Crippen LogP contribution is -2.71. The Morgan fingerprint density at radius 3 is 2.85 bits per heavy atom. The summed E-state index contributed by atoms with van der Waals surface area (Å²) in [7, 11) is 1.60. The van der Waals surface area contributed by atoms with Gasteiger partial charge in [-0.25, -0.2) is 0 Å². The van der Waals surface area contributed by atoms with Gasteiger partial charge in [0.25, 0.3) is 0 Å². The second-order valence-corrected chi connectivity index (χ2v) is 7.49. The van der Waals surface area contributed by atoms with Gasteiger partial charge in [-0.05, 0) is 38.2 Å². The summed E-state index contributed by atoms with van der Waals surface area (Å²) in [5.74, 6) is -0.547. The molecule has 26 heavy (non-hydrogen) atoms. The molecule has 0 radical (unpaired) electrons. The van der Waals surface area contributed by atoms with E-state index in [2.05, 4.69) is 5.32 Å². The van der Waals surface area contributed by atoms with E-state index in [4.69, 9.17) is 49.6 Å². The molecule has 3 unspecified atom stereocenters. The second kappa shape index (κ2) is 7.38. The van der Waals surface area contributed by atoms with E-state index in [1.807, 2.05) is 6.92 Å². The molecule has 1 aromatic carbocycles. The van der Waals surface area contributed by atoms with E-state index in [-0.39, 0.29) is 12.6 Å². The molecule has 2 heterocycles. The van der Waals surface area contributed by atoms with Crippen molar-refractivity contribution in [1.29, 1.82) is 0 Å². The van der Waals surface area contributed by atoms with Crippen LogP contribution in [0, 0.1) is 5.92 Å². The normalized spacial score (nSPS) is 26.7. The summed E-state index contributed by atoms with van der Waals surface area (Å²) < 4.78 is 16.8. The zero-order chi connectivity index (χ0) is 19.1. The van der Waals surface area contributed by atoms with Crippen LogP contribution in [0.3, 0.4) is 0 Å². The van der Waals surface area contributed by atoms with Gasteiger partial charge in [-0.15, -0.1) is 0 Å². The Hall–Kier alpha value is -1.28. The highest BCUT2D eigenvalue weighted by molar-refractivity contribution is 7.80. The van der Waals surface area contributed by atoms with Gasteiger partial charge in [-0.3, -0.25) is 4.79 Å². The first-order chi connectivity index (χ1) is 12.3. The summed E-state index contributed by atoms with van der Waals surface area (Å²) >= 11 is 18.1. The minimum atomic E-state index is -1.07. The minimum absolute atomic E-state index is 0.268. The predicted molar refractivity (Wildman–Crippen MR) is 103 cm³/mol. The Balaban J connectivity index is 2.14. The summed E-state index contributed by atoms with van der Waals surface area (Å²) in [6.07, 6.45) is 0. The number of esters is 1. The number of hydrogen-bond acceptors (Lipinski definition) is 5. The molecule has 0 spiro atoms. The minimum Gasteiger partial charge on any atom is -0.466 e. The second-order valence-electron chi connectivity index (χ2n) is 6.26. The zero-order valence-electron chi connectivity index (χ0n) is 14.7. The lowest BCUT2D eigenvalue weighted by molar-refractivity contribution is -0.176. The Morgan fingerprint density at radius 1 is 1.46 bits per heavy atom. The molecule has 3 atom stereocenters. The highest BCUT2D eigenvalue weighted by Gasteiger charge is 2.59. The highest BCUT2D eigenvalue weighted by atomic mass is 35.5. The van der Waals surface area contributed by atoms with Crippen LogP contribution in [0.4, 0.5) is 0 Å². The van der Waals surface area contributed by atoms with Crippen molar-refractivity contribution >= 4 is 46.5 Å². The first-order valence-corrected chi connectivity index (χ1v) is 9.41. The number of rotatable bonds is 5. The largest absolute Gasteiger partial charge is 0.466 e. The highest BCUT2D eigenvalue weighted by Crippen LogP contribution is 2.51. The fourth-order valence-corrected chi connectivity index (χ4v) is 4.51. The van der Waals surface area contributed by atoms with Gasteiger partial charge in [0.05, 0.1) is 24.3 Å². The van der Waals surface area contributed by atoms with Crippen molar-refractivity contribution in [3.8, 4) is 5.75 Å². The third kappa shape index (κ3) is 3.11. The first kappa shape index (κ1) is 19.5. The van der Waals surface area contributed by atoms with E-state index in [1.165, 1.54) is 0 Å². The van der Waals surface area contributed by atoms with E-state index in [0.29, 0.717) is 39.6 Å². The number of thiocarbonyl (C=S) groups is 1. The molecule has 2 aliphatic heterocycles. The van der Waals surface area contributed by atoms with Crippen molar-refractivity contribution in [2.24, 2.45) is 5.92 Å². The van der Waals surface area contributed by atoms with E-state index >= 15 is 0 Å². The van der Waals surface area contributed by atoms with Crippen molar-refractivity contribution in [3.63, 3.8) is 0 Å². The molecule has 142 valence electrons. The van der Waals surface area contributed by atoms with Gasteiger partial charge in [0, 0.05) is 24.2 Å². The quantitative estimate of drug-likeness (QED) is 0.581. The Labute approximate surface area is 167 Å². The summed E-state index contributed by atoms with van der Waals surface area (Å²) in [6, 6.07) is 2.90. The number of ether oxygens (including phenoxy) is 3. The molecule has 2 bridgehead atoms. The summed E-state index contributed by atoms with van der Waals surface area (Å²) in [5, 5.41) is 4.54. The van der Waals surface area contributed by atoms with Crippen molar-refractivity contribution in [3.05, 3.63) is 27.7 Å². The first-order valence-electron chi connectivity index (χ1n) is 8.25. The fourth-order valence-electron chi connectivity index (χ4n) is 3.57. The number of halogens is 2. The molecular weight excluding hydrogens is 399 g/mol. The van der Waals surface area contributed by atoms with Crippen LogP contribution in [-0.4, -0.2) is 48.6 Å². The van der Waals surface area contributed by atoms with Gasteiger partial charge in [0.1, 0.15) is 11.7 Å². The van der Waals surface area contributed by atoms with Crippen molar-refractivity contribution in [1.82, 2.24) is 10.2 Å². The monoisotopic (exact) mass is 418 g/mol. The topological polar surface area (TPSA) is 60.0 Å². The van der Waals surface area contributed by atoms with Gasteiger partial charge in [-0.1, -0.05) is 23.2 Å². The molecule has 2 aliphatic rings. The van der Waals surface area contributed by atoms with Crippen LogP contribution in [0.1, 0.15) is 25.5 Å². The average Bonchev–Trinajstić information content (AvgIpc) is 2.56. The van der Waals surface area contributed by atoms with Crippen molar-refractivity contribution in [2.45, 2.75) is 25.6 Å². The Kier molecular flexibility index (Phi) is 5.53. The van der Waals surface area contributed by atoms with E-state index in [9.17, 15) is 4.79 Å². The molecule has 9 heteroatoms. The van der Waals surface area contributed by atoms with Crippen LogP contribution in [-0.2, 0) is 14.3 Å². The van der Waals surface area contributed by atoms with E-state index < -0.39 is 17.7 Å². The maximum atomic E-state index is 12.8. The lowest BCUT2D eigenvalue weighted by atomic mass is 9.79. The zero-order valence-corrected chi connectivity index (χ0v) is 17.0. The maximum absolute atomic E-state index is 12.8. The van der Waals surface area contributed by atoms with E-state index in [0.717, 1.165) is 0 Å². The molecule has 1 saturated heterocycles. The molecule has 1 fully saturated rings. The molecule has 6 nitrogen and oxygen atoms in total. The van der Waals surface area contributed by atoms with Crippen LogP contribution in [0.25, 0.3) is 0 Å². The van der Waals surface area contributed by atoms with Crippen molar-refractivity contribution < 1.29 is 19.0 Å². The van der Waals surface area contributed by atoms with Gasteiger partial charge in [0.2, 0.25) is 0 Å². The standard InChI is InChI=1S/C17H20Cl2N2O4S/c1-4-24-15(22)12-13-10-7-9(18)8-11(19)14(10)25-17(12,2)21(5-6-23-3)16(26)20-13/h7-8,12-13H,4-6H2,1-3H3,(H,20,26). The van der Waals surface area contributed by atoms with Crippen LogP contribution in [0.2, 0.25) is 10.0 Å². The number of benzene rings is 1. The number of nitrogens with one attached hydrogen (secondary N) is 1. The molecular formula is C17H20Cl2N2O4S. The number of carbonyl (C=O) groups excluding carboxylic acids is 1. The van der Waals surface area contributed by atoms with Gasteiger partial charge < -0.3 is 24.4 Å². The SMILES string of the molecule is CCOC(=O)C1C2NC(=S)N(CCOC)C1(C)Oc1c(Cl)cc(Cl)cc12. The van der Waals surface area contributed by atoms with Gasteiger partial charge >= 0.3 is 5.97 Å². The fraction of sp³-hybridized carbons (Fsp3) is 0.529. The molecule has 0 aliphatic carbocycles. The molecule has 0 aromatic heterocycles. The summed E-state index contributed by atoms with van der Waals surface area (Å²) in [6.45, 7) is 4.72. The number of fused-ring (bicyclic) bond motifs is 4. The average molecular weight is 419 g/mol. The Morgan fingerprint density at radius 2 is 2.19 bits per heavy atom. The Bertz CT molecular complexity index is 748. The summed E-state index contributed by atoms with van der Waals surface area (Å²) in [5.41, 5.74) is -0.380. The van der Waals surface area contributed by atoms with Crippen LogP contribution in [0.15, 0.2) is 12.1 Å². The van der Waals surface area contributed by atoms with Crippen molar-refractivity contribution in [2.75, 3.05) is 26.9 Å². The number of nitrogens with zero attached hydrogens (tertiary/aromatic N) is 1. The maximum Gasteiger partial charge on any atom is 0.317 e. The van der Waals surface area contributed by atoms with Gasteiger partial charge in [-0.2, -0.15) is 0 Å². The smallest absolute Gasteiger partial charge is 0.317 e. The van der Waals surface area contributed by atoms with Crippen LogP contribution < -0.4 is 10.1 Å². The molecule has 1 N–H and O–H groups in total. The molecule has 3 rings (SSSR count). The summed E-state index contributed by atoms with van der Waals surface area (Å²) in [4.78, 5) is 14.6. The molecule has 1 aromatic rings. The van der Waals surface area contributed by atoms with E-state index in [1.54, 1.807) is 31.1 Å². The van der Waals surface area contributed by atoms with Crippen LogP contribution >= 0.6 is 35.4 Å². The number of hydrogen-bond donors (Lipinski definition) is 1. The number of carbonyl (C=O) groups is 1. The molecule has 0 saturated carbocycles. The third-order valence-corrected chi connectivity index (χ3v) is 5.55. The van der Waals surface area contributed by atoms with Crippen LogP contribution in [0.5, 0.6) is 5.75 Å². The molecule has 0 amide bonds.